The number of rotatable bonds is 8. The van der Waals surface area contributed by atoms with Crippen molar-refractivity contribution in [3.63, 3.8) is 0 Å². The Morgan fingerprint density at radius 3 is 2.07 bits per heavy atom. The summed E-state index contributed by atoms with van der Waals surface area (Å²) < 4.78 is 20.3. The van der Waals surface area contributed by atoms with Crippen molar-refractivity contribution in [1.29, 1.82) is 0 Å². The van der Waals surface area contributed by atoms with Crippen LogP contribution in [0.3, 0.4) is 0 Å². The number of carbonyl (C=O) groups excluding carboxylic acids is 3. The third-order valence-corrected chi connectivity index (χ3v) is 4.08. The van der Waals surface area contributed by atoms with Gasteiger partial charge in [-0.1, -0.05) is 18.2 Å². The number of hydrogen-bond acceptors (Lipinski definition) is 7. The third kappa shape index (κ3) is 5.71. The second-order valence-electron chi connectivity index (χ2n) is 6.02. The van der Waals surface area contributed by atoms with Gasteiger partial charge in [0.05, 0.1) is 32.5 Å². The zero-order chi connectivity index (χ0) is 21.4. The molecule has 0 radical (unpaired) electrons. The highest BCUT2D eigenvalue weighted by Gasteiger charge is 2.19. The highest BCUT2D eigenvalue weighted by Crippen LogP contribution is 2.21. The molecule has 0 spiro atoms. The van der Waals surface area contributed by atoms with Crippen molar-refractivity contribution in [3.05, 3.63) is 59.2 Å². The second kappa shape index (κ2) is 10.1. The Labute approximate surface area is 168 Å². The van der Waals surface area contributed by atoms with Crippen LogP contribution in [0.25, 0.3) is 0 Å². The molecular weight excluding hydrogens is 378 g/mol. The molecule has 0 aliphatic heterocycles. The summed E-state index contributed by atoms with van der Waals surface area (Å²) in [5.41, 5.74) is 1.02. The van der Waals surface area contributed by atoms with Gasteiger partial charge < -0.3 is 24.3 Å². The number of esters is 2. The molecule has 0 fully saturated rings. The number of methoxy groups -OCH3 is 3. The highest BCUT2D eigenvalue weighted by atomic mass is 16.5. The van der Waals surface area contributed by atoms with Crippen molar-refractivity contribution in [3.8, 4) is 11.5 Å². The van der Waals surface area contributed by atoms with Crippen LogP contribution in [0.4, 0.5) is 0 Å². The van der Waals surface area contributed by atoms with E-state index >= 15 is 0 Å². The first-order valence-electron chi connectivity index (χ1n) is 8.77. The average Bonchev–Trinajstić information content (AvgIpc) is 2.75. The predicted molar refractivity (Wildman–Crippen MR) is 104 cm³/mol. The smallest absolute Gasteiger partial charge is 0.338 e. The summed E-state index contributed by atoms with van der Waals surface area (Å²) in [6.07, 6.45) is -0.886. The van der Waals surface area contributed by atoms with Crippen LogP contribution in [0.1, 0.15) is 33.2 Å². The standard InChI is InChI=1S/C21H23NO7/c1-13(19(23)22-12-14-7-5-6-8-18(14)26-2)29-17-10-15(20(24)27-3)9-16(11-17)21(25)28-4/h5-11,13H,12H2,1-4H3,(H,22,23)/t13-/m1/s1. The third-order valence-electron chi connectivity index (χ3n) is 4.08. The van der Waals surface area contributed by atoms with E-state index < -0.39 is 18.0 Å². The number of nitrogens with one attached hydrogen (secondary N) is 1. The second-order valence-corrected chi connectivity index (χ2v) is 6.02. The van der Waals surface area contributed by atoms with E-state index in [1.807, 2.05) is 18.2 Å². The minimum absolute atomic E-state index is 0.104. The van der Waals surface area contributed by atoms with Crippen molar-refractivity contribution in [2.45, 2.75) is 19.6 Å². The van der Waals surface area contributed by atoms with Crippen LogP contribution < -0.4 is 14.8 Å². The molecule has 0 aliphatic carbocycles. The Morgan fingerprint density at radius 2 is 1.52 bits per heavy atom. The van der Waals surface area contributed by atoms with E-state index in [9.17, 15) is 14.4 Å². The van der Waals surface area contributed by atoms with Crippen LogP contribution in [-0.2, 0) is 20.8 Å². The Kier molecular flexibility index (Phi) is 7.59. The molecule has 1 N–H and O–H groups in total. The predicted octanol–water partition coefficient (Wildman–Crippen LogP) is 2.35. The summed E-state index contributed by atoms with van der Waals surface area (Å²) in [7, 11) is 4.00. The molecule has 1 amide bonds. The minimum atomic E-state index is -0.886. The molecule has 0 aromatic heterocycles. The van der Waals surface area contributed by atoms with Gasteiger partial charge in [-0.15, -0.1) is 0 Å². The molecule has 1 atom stereocenters. The molecule has 8 nitrogen and oxygen atoms in total. The van der Waals surface area contributed by atoms with Crippen molar-refractivity contribution in [1.82, 2.24) is 5.32 Å². The molecule has 0 unspecified atom stereocenters. The van der Waals surface area contributed by atoms with Crippen molar-refractivity contribution >= 4 is 17.8 Å². The molecule has 0 saturated heterocycles. The Hall–Kier alpha value is -3.55. The van der Waals surface area contributed by atoms with Gasteiger partial charge in [-0.05, 0) is 31.2 Å². The van der Waals surface area contributed by atoms with Gasteiger partial charge in [-0.2, -0.15) is 0 Å². The van der Waals surface area contributed by atoms with E-state index in [4.69, 9.17) is 9.47 Å². The van der Waals surface area contributed by atoms with Crippen LogP contribution in [0, 0.1) is 0 Å². The molecular formula is C21H23NO7. The van der Waals surface area contributed by atoms with Crippen molar-refractivity contribution in [2.75, 3.05) is 21.3 Å². The molecule has 0 bridgehead atoms. The number of hydrogen-bond donors (Lipinski definition) is 1. The minimum Gasteiger partial charge on any atom is -0.496 e. The molecule has 0 aliphatic rings. The Balaban J connectivity index is 2.12. The van der Waals surface area contributed by atoms with Gasteiger partial charge in [-0.25, -0.2) is 9.59 Å². The lowest BCUT2D eigenvalue weighted by molar-refractivity contribution is -0.127. The fourth-order valence-electron chi connectivity index (χ4n) is 2.57. The maximum atomic E-state index is 12.4. The largest absolute Gasteiger partial charge is 0.496 e. The molecule has 2 aromatic carbocycles. The first kappa shape index (κ1) is 21.7. The first-order chi connectivity index (χ1) is 13.9. The van der Waals surface area contributed by atoms with E-state index in [0.717, 1.165) is 5.56 Å². The van der Waals surface area contributed by atoms with E-state index in [2.05, 4.69) is 14.8 Å². The Bertz CT molecular complexity index is 860. The van der Waals surface area contributed by atoms with Crippen molar-refractivity contribution < 1.29 is 33.3 Å². The van der Waals surface area contributed by atoms with E-state index in [1.54, 1.807) is 20.1 Å². The van der Waals surface area contributed by atoms with Crippen LogP contribution in [0.2, 0.25) is 0 Å². The topological polar surface area (TPSA) is 100 Å². The molecule has 29 heavy (non-hydrogen) atoms. The van der Waals surface area contributed by atoms with Crippen molar-refractivity contribution in [2.24, 2.45) is 0 Å². The summed E-state index contributed by atoms with van der Waals surface area (Å²) in [4.78, 5) is 36.1. The molecule has 154 valence electrons. The molecule has 0 saturated carbocycles. The zero-order valence-electron chi connectivity index (χ0n) is 16.7. The molecule has 0 heterocycles. The molecule has 8 heteroatoms. The number of benzene rings is 2. The number of amides is 1. The highest BCUT2D eigenvalue weighted by molar-refractivity contribution is 5.96. The number of ether oxygens (including phenoxy) is 4. The van der Waals surface area contributed by atoms with Crippen LogP contribution in [0.15, 0.2) is 42.5 Å². The van der Waals surface area contributed by atoms with Gasteiger partial charge in [-0.3, -0.25) is 4.79 Å². The lowest BCUT2D eigenvalue weighted by Crippen LogP contribution is -2.36. The quantitative estimate of drug-likeness (QED) is 0.678. The van der Waals surface area contributed by atoms with Gasteiger partial charge in [0.25, 0.3) is 5.91 Å². The first-order valence-corrected chi connectivity index (χ1v) is 8.77. The van der Waals surface area contributed by atoms with Gasteiger partial charge >= 0.3 is 11.9 Å². The summed E-state index contributed by atoms with van der Waals surface area (Å²) in [6.45, 7) is 1.81. The van der Waals surface area contributed by atoms with Crippen LogP contribution in [-0.4, -0.2) is 45.3 Å². The van der Waals surface area contributed by atoms with Gasteiger partial charge in [0, 0.05) is 12.1 Å². The van der Waals surface area contributed by atoms with Gasteiger partial charge in [0.15, 0.2) is 6.10 Å². The summed E-state index contributed by atoms with van der Waals surface area (Å²) in [6, 6.07) is 11.4. The Morgan fingerprint density at radius 1 is 0.931 bits per heavy atom. The zero-order valence-corrected chi connectivity index (χ0v) is 16.7. The number of para-hydroxylation sites is 1. The normalized spacial score (nSPS) is 11.2. The van der Waals surface area contributed by atoms with Crippen LogP contribution in [0.5, 0.6) is 11.5 Å². The fourth-order valence-corrected chi connectivity index (χ4v) is 2.57. The monoisotopic (exact) mass is 401 g/mol. The van der Waals surface area contributed by atoms with Gasteiger partial charge in [0.1, 0.15) is 11.5 Å². The summed E-state index contributed by atoms with van der Waals surface area (Å²) in [5, 5.41) is 2.76. The van der Waals surface area contributed by atoms with Gasteiger partial charge in [0.2, 0.25) is 0 Å². The van der Waals surface area contributed by atoms with Crippen LogP contribution >= 0.6 is 0 Å². The summed E-state index contributed by atoms with van der Waals surface area (Å²) >= 11 is 0. The molecule has 2 aromatic rings. The molecule has 2 rings (SSSR count). The SMILES string of the molecule is COC(=O)c1cc(O[C@H](C)C(=O)NCc2ccccc2OC)cc(C(=O)OC)c1. The maximum Gasteiger partial charge on any atom is 0.338 e. The fraction of sp³-hybridized carbons (Fsp3) is 0.286. The lowest BCUT2D eigenvalue weighted by Gasteiger charge is -2.16. The maximum absolute atomic E-state index is 12.4. The number of carbonyl (C=O) groups is 3. The van der Waals surface area contributed by atoms with E-state index in [1.165, 1.54) is 32.4 Å². The average molecular weight is 401 g/mol. The van der Waals surface area contributed by atoms with E-state index in [0.29, 0.717) is 5.75 Å². The van der Waals surface area contributed by atoms with E-state index in [-0.39, 0.29) is 29.3 Å². The lowest BCUT2D eigenvalue weighted by atomic mass is 10.1. The summed E-state index contributed by atoms with van der Waals surface area (Å²) in [5.74, 6) is -0.843.